The van der Waals surface area contributed by atoms with E-state index < -0.39 is 0 Å². The second-order valence-electron chi connectivity index (χ2n) is 4.83. The van der Waals surface area contributed by atoms with Crippen molar-refractivity contribution in [1.29, 1.82) is 0 Å². The van der Waals surface area contributed by atoms with Crippen molar-refractivity contribution in [2.75, 3.05) is 5.32 Å². The van der Waals surface area contributed by atoms with E-state index in [0.717, 1.165) is 23.1 Å². The van der Waals surface area contributed by atoms with Crippen LogP contribution in [0.1, 0.15) is 30.1 Å². The third-order valence-electron chi connectivity index (χ3n) is 2.82. The Bertz CT molecular complexity index is 514. The molecule has 0 saturated carbocycles. The number of aromatic nitrogens is 4. The standard InChI is InChI=1S/C12H19N5S/c1-8(2)5-11-15-16-12(18-11)13-6-10-7-14-17(4)9(10)3/h7-8H,5-6H2,1-4H3,(H,13,16). The molecule has 0 aliphatic rings. The molecule has 0 saturated heterocycles. The number of nitrogens with zero attached hydrogens (tertiary/aromatic N) is 4. The Balaban J connectivity index is 1.94. The molecule has 18 heavy (non-hydrogen) atoms. The van der Waals surface area contributed by atoms with Gasteiger partial charge in [0.15, 0.2) is 0 Å². The summed E-state index contributed by atoms with van der Waals surface area (Å²) in [5.41, 5.74) is 2.37. The molecule has 0 aliphatic carbocycles. The van der Waals surface area contributed by atoms with Gasteiger partial charge in [0.1, 0.15) is 5.01 Å². The van der Waals surface area contributed by atoms with Gasteiger partial charge in [-0.25, -0.2) is 0 Å². The van der Waals surface area contributed by atoms with Crippen LogP contribution in [0.3, 0.4) is 0 Å². The summed E-state index contributed by atoms with van der Waals surface area (Å²) in [4.78, 5) is 0. The Hall–Kier alpha value is -1.43. The van der Waals surface area contributed by atoms with Gasteiger partial charge in [0.2, 0.25) is 5.13 Å². The lowest BCUT2D eigenvalue weighted by Gasteiger charge is -2.01. The zero-order valence-corrected chi connectivity index (χ0v) is 12.1. The smallest absolute Gasteiger partial charge is 0.205 e. The highest BCUT2D eigenvalue weighted by molar-refractivity contribution is 7.15. The molecule has 5 nitrogen and oxygen atoms in total. The normalized spacial score (nSPS) is 11.2. The minimum atomic E-state index is 0.617. The maximum absolute atomic E-state index is 4.22. The maximum atomic E-state index is 4.22. The highest BCUT2D eigenvalue weighted by Crippen LogP contribution is 2.19. The molecular weight excluding hydrogens is 246 g/mol. The van der Waals surface area contributed by atoms with Crippen molar-refractivity contribution in [3.8, 4) is 0 Å². The number of nitrogens with one attached hydrogen (secondary N) is 1. The molecule has 1 N–H and O–H groups in total. The summed E-state index contributed by atoms with van der Waals surface area (Å²) in [7, 11) is 1.95. The van der Waals surface area contributed by atoms with Crippen LogP contribution in [0.5, 0.6) is 0 Å². The first-order valence-corrected chi connectivity index (χ1v) is 6.91. The van der Waals surface area contributed by atoms with Gasteiger partial charge in [-0.05, 0) is 12.8 Å². The first kappa shape index (κ1) is 13.0. The zero-order valence-electron chi connectivity index (χ0n) is 11.3. The Kier molecular flexibility index (Phi) is 3.96. The van der Waals surface area contributed by atoms with Crippen molar-refractivity contribution in [1.82, 2.24) is 20.0 Å². The lowest BCUT2D eigenvalue weighted by Crippen LogP contribution is -2.01. The third-order valence-corrected chi connectivity index (χ3v) is 3.72. The molecule has 2 rings (SSSR count). The van der Waals surface area contributed by atoms with Gasteiger partial charge in [-0.3, -0.25) is 4.68 Å². The monoisotopic (exact) mass is 265 g/mol. The molecule has 0 spiro atoms. The SMILES string of the molecule is Cc1c(CNc2nnc(CC(C)C)s2)cnn1C. The molecule has 6 heteroatoms. The molecule has 0 atom stereocenters. The molecular formula is C12H19N5S. The molecule has 0 amide bonds. The number of aryl methyl sites for hydroxylation is 1. The fourth-order valence-corrected chi connectivity index (χ4v) is 2.59. The van der Waals surface area contributed by atoms with Crippen molar-refractivity contribution in [3.05, 3.63) is 22.5 Å². The largest absolute Gasteiger partial charge is 0.356 e. The molecule has 2 heterocycles. The number of rotatable bonds is 5. The average molecular weight is 265 g/mol. The fourth-order valence-electron chi connectivity index (χ4n) is 1.65. The van der Waals surface area contributed by atoms with Gasteiger partial charge in [0, 0.05) is 31.3 Å². The van der Waals surface area contributed by atoms with Crippen molar-refractivity contribution in [2.24, 2.45) is 13.0 Å². The second kappa shape index (κ2) is 5.48. The van der Waals surface area contributed by atoms with Crippen LogP contribution in [0, 0.1) is 12.8 Å². The lowest BCUT2D eigenvalue weighted by atomic mass is 10.1. The second-order valence-corrected chi connectivity index (χ2v) is 5.89. The number of hydrogen-bond donors (Lipinski definition) is 1. The van der Waals surface area contributed by atoms with Crippen LogP contribution in [0.25, 0.3) is 0 Å². The van der Waals surface area contributed by atoms with E-state index in [-0.39, 0.29) is 0 Å². The van der Waals surface area contributed by atoms with E-state index in [4.69, 9.17) is 0 Å². The summed E-state index contributed by atoms with van der Waals surface area (Å²) in [5, 5.41) is 17.8. The van der Waals surface area contributed by atoms with E-state index in [2.05, 4.69) is 41.4 Å². The Morgan fingerprint density at radius 3 is 2.78 bits per heavy atom. The van der Waals surface area contributed by atoms with E-state index in [0.29, 0.717) is 5.92 Å². The molecule has 0 radical (unpaired) electrons. The van der Waals surface area contributed by atoms with Gasteiger partial charge in [-0.1, -0.05) is 25.2 Å². The fraction of sp³-hybridized carbons (Fsp3) is 0.583. The van der Waals surface area contributed by atoms with Crippen LogP contribution < -0.4 is 5.32 Å². The van der Waals surface area contributed by atoms with Crippen LogP contribution in [0.4, 0.5) is 5.13 Å². The topological polar surface area (TPSA) is 55.6 Å². The highest BCUT2D eigenvalue weighted by atomic mass is 32.1. The van der Waals surface area contributed by atoms with E-state index >= 15 is 0 Å². The third kappa shape index (κ3) is 3.07. The van der Waals surface area contributed by atoms with Crippen LogP contribution in [-0.4, -0.2) is 20.0 Å². The van der Waals surface area contributed by atoms with Gasteiger partial charge in [-0.15, -0.1) is 10.2 Å². The molecule has 2 aromatic rings. The first-order valence-electron chi connectivity index (χ1n) is 6.10. The molecule has 0 aromatic carbocycles. The van der Waals surface area contributed by atoms with Gasteiger partial charge in [0.05, 0.1) is 6.20 Å². The molecule has 0 fully saturated rings. The summed E-state index contributed by atoms with van der Waals surface area (Å²) in [6.07, 6.45) is 2.88. The lowest BCUT2D eigenvalue weighted by molar-refractivity contribution is 0.640. The number of hydrogen-bond acceptors (Lipinski definition) is 5. The Morgan fingerprint density at radius 1 is 1.39 bits per heavy atom. The van der Waals surface area contributed by atoms with Crippen LogP contribution in [0.15, 0.2) is 6.20 Å². The first-order chi connectivity index (χ1) is 8.56. The van der Waals surface area contributed by atoms with Crippen LogP contribution >= 0.6 is 11.3 Å². The van der Waals surface area contributed by atoms with Crippen LogP contribution in [-0.2, 0) is 20.0 Å². The van der Waals surface area contributed by atoms with Gasteiger partial charge >= 0.3 is 0 Å². The van der Waals surface area contributed by atoms with Gasteiger partial charge in [-0.2, -0.15) is 5.10 Å². The molecule has 0 bridgehead atoms. The van der Waals surface area contributed by atoms with Crippen molar-refractivity contribution in [3.63, 3.8) is 0 Å². The molecule has 2 aromatic heterocycles. The molecule has 0 unspecified atom stereocenters. The summed E-state index contributed by atoms with van der Waals surface area (Å²) in [6.45, 7) is 7.19. The minimum Gasteiger partial charge on any atom is -0.356 e. The zero-order chi connectivity index (χ0) is 13.1. The van der Waals surface area contributed by atoms with Crippen LogP contribution in [0.2, 0.25) is 0 Å². The van der Waals surface area contributed by atoms with Crippen molar-refractivity contribution < 1.29 is 0 Å². The summed E-state index contributed by atoms with van der Waals surface area (Å²) < 4.78 is 1.88. The minimum absolute atomic E-state index is 0.617. The number of anilines is 1. The van der Waals surface area contributed by atoms with Crippen molar-refractivity contribution in [2.45, 2.75) is 33.7 Å². The van der Waals surface area contributed by atoms with E-state index in [1.165, 1.54) is 11.3 Å². The Labute approximate surface area is 111 Å². The predicted octanol–water partition coefficient (Wildman–Crippen LogP) is 2.39. The summed E-state index contributed by atoms with van der Waals surface area (Å²) >= 11 is 1.63. The molecule has 98 valence electrons. The van der Waals surface area contributed by atoms with E-state index in [9.17, 15) is 0 Å². The average Bonchev–Trinajstić information content (AvgIpc) is 2.86. The van der Waals surface area contributed by atoms with Crippen molar-refractivity contribution >= 4 is 16.5 Å². The quantitative estimate of drug-likeness (QED) is 0.902. The molecule has 0 aliphatic heterocycles. The van der Waals surface area contributed by atoms with E-state index in [1.807, 2.05) is 17.9 Å². The van der Waals surface area contributed by atoms with Gasteiger partial charge < -0.3 is 5.32 Å². The predicted molar refractivity (Wildman–Crippen MR) is 73.7 cm³/mol. The highest BCUT2D eigenvalue weighted by Gasteiger charge is 2.07. The summed E-state index contributed by atoms with van der Waals surface area (Å²) in [6, 6.07) is 0. The van der Waals surface area contributed by atoms with E-state index in [1.54, 1.807) is 11.3 Å². The Morgan fingerprint density at radius 2 is 2.17 bits per heavy atom. The van der Waals surface area contributed by atoms with Gasteiger partial charge in [0.25, 0.3) is 0 Å². The summed E-state index contributed by atoms with van der Waals surface area (Å²) in [5.74, 6) is 0.617. The maximum Gasteiger partial charge on any atom is 0.205 e.